The molecular weight excluding hydrogens is 214 g/mol. The first-order valence-corrected chi connectivity index (χ1v) is 5.84. The topological polar surface area (TPSA) is 51.0 Å². The molecule has 4 heteroatoms. The number of hydrogen-bond donors (Lipinski definition) is 1. The Balaban J connectivity index is 2.09. The van der Waals surface area contributed by atoms with Crippen LogP contribution < -0.4 is 5.32 Å². The molecule has 0 spiro atoms. The summed E-state index contributed by atoms with van der Waals surface area (Å²) in [5.74, 6) is 1.28. The molecular formula is C13H17N3O. The summed E-state index contributed by atoms with van der Waals surface area (Å²) in [4.78, 5) is 4.21. The van der Waals surface area contributed by atoms with Gasteiger partial charge in [-0.3, -0.25) is 0 Å². The van der Waals surface area contributed by atoms with Crippen molar-refractivity contribution in [1.82, 2.24) is 10.1 Å². The van der Waals surface area contributed by atoms with Gasteiger partial charge in [0.1, 0.15) is 6.04 Å². The monoisotopic (exact) mass is 231 g/mol. The van der Waals surface area contributed by atoms with Gasteiger partial charge in [-0.15, -0.1) is 0 Å². The van der Waals surface area contributed by atoms with E-state index >= 15 is 0 Å². The van der Waals surface area contributed by atoms with E-state index in [0.717, 1.165) is 12.1 Å². The molecule has 0 saturated heterocycles. The third-order valence-electron chi connectivity index (χ3n) is 2.63. The average molecular weight is 231 g/mol. The molecule has 1 N–H and O–H groups in total. The number of rotatable bonds is 4. The molecule has 4 nitrogen and oxygen atoms in total. The van der Waals surface area contributed by atoms with Crippen LogP contribution in [-0.4, -0.2) is 10.1 Å². The number of anilines is 1. The lowest BCUT2D eigenvalue weighted by molar-refractivity contribution is 0.364. The zero-order valence-electron chi connectivity index (χ0n) is 10.4. The number of benzene rings is 1. The molecule has 0 aliphatic heterocycles. The molecule has 0 amide bonds. The van der Waals surface area contributed by atoms with E-state index in [-0.39, 0.29) is 6.04 Å². The fraction of sp³-hybridized carbons (Fsp3) is 0.385. The molecule has 1 unspecified atom stereocenters. The summed E-state index contributed by atoms with van der Waals surface area (Å²) in [6, 6.07) is 8.36. The molecule has 0 saturated carbocycles. The van der Waals surface area contributed by atoms with Crippen LogP contribution in [0.3, 0.4) is 0 Å². The lowest BCUT2D eigenvalue weighted by atomic mass is 10.1. The largest absolute Gasteiger partial charge is 0.374 e. The Kier molecular flexibility index (Phi) is 3.42. The molecule has 1 aromatic carbocycles. The maximum absolute atomic E-state index is 5.13. The average Bonchev–Trinajstić information content (AvgIpc) is 2.76. The smallest absolute Gasteiger partial charge is 0.248 e. The van der Waals surface area contributed by atoms with E-state index in [1.54, 1.807) is 0 Å². The zero-order chi connectivity index (χ0) is 12.3. The van der Waals surface area contributed by atoms with Gasteiger partial charge < -0.3 is 9.84 Å². The second-order valence-corrected chi connectivity index (χ2v) is 4.10. The molecule has 0 aliphatic carbocycles. The van der Waals surface area contributed by atoms with Crippen LogP contribution in [-0.2, 0) is 6.42 Å². The first kappa shape index (κ1) is 11.6. The SMILES string of the molecule is CCc1cccc(NC(C)c2nc(C)no2)c1. The predicted molar refractivity (Wildman–Crippen MR) is 66.9 cm³/mol. The molecule has 2 rings (SSSR count). The zero-order valence-corrected chi connectivity index (χ0v) is 10.4. The number of hydrogen-bond acceptors (Lipinski definition) is 4. The van der Waals surface area contributed by atoms with Crippen molar-refractivity contribution in [3.63, 3.8) is 0 Å². The molecule has 0 aliphatic rings. The second kappa shape index (κ2) is 4.99. The third kappa shape index (κ3) is 2.84. The van der Waals surface area contributed by atoms with Crippen LogP contribution in [0.25, 0.3) is 0 Å². The molecule has 0 fully saturated rings. The van der Waals surface area contributed by atoms with E-state index in [9.17, 15) is 0 Å². The van der Waals surface area contributed by atoms with Gasteiger partial charge in [0.05, 0.1) is 0 Å². The molecule has 17 heavy (non-hydrogen) atoms. The first-order chi connectivity index (χ1) is 8.19. The third-order valence-corrected chi connectivity index (χ3v) is 2.63. The lowest BCUT2D eigenvalue weighted by Gasteiger charge is -2.11. The number of nitrogens with one attached hydrogen (secondary N) is 1. The van der Waals surface area contributed by atoms with Crippen molar-refractivity contribution >= 4 is 5.69 Å². The quantitative estimate of drug-likeness (QED) is 0.878. The van der Waals surface area contributed by atoms with Crippen molar-refractivity contribution in [1.29, 1.82) is 0 Å². The van der Waals surface area contributed by atoms with Crippen molar-refractivity contribution in [3.05, 3.63) is 41.5 Å². The summed E-state index contributed by atoms with van der Waals surface area (Å²) in [6.07, 6.45) is 1.03. The van der Waals surface area contributed by atoms with E-state index in [1.165, 1.54) is 5.56 Å². The highest BCUT2D eigenvalue weighted by molar-refractivity contribution is 5.46. The fourth-order valence-electron chi connectivity index (χ4n) is 1.68. The molecule has 1 aromatic heterocycles. The molecule has 0 radical (unpaired) electrons. The summed E-state index contributed by atoms with van der Waals surface area (Å²) >= 11 is 0. The van der Waals surface area contributed by atoms with E-state index < -0.39 is 0 Å². The molecule has 0 bridgehead atoms. The van der Waals surface area contributed by atoms with E-state index in [2.05, 4.69) is 34.5 Å². The summed E-state index contributed by atoms with van der Waals surface area (Å²) < 4.78 is 5.13. The van der Waals surface area contributed by atoms with Gasteiger partial charge in [-0.2, -0.15) is 4.98 Å². The van der Waals surface area contributed by atoms with Crippen LogP contribution in [0.2, 0.25) is 0 Å². The van der Waals surface area contributed by atoms with E-state index in [0.29, 0.717) is 11.7 Å². The highest BCUT2D eigenvalue weighted by Crippen LogP contribution is 2.18. The summed E-state index contributed by atoms with van der Waals surface area (Å²) in [5, 5.41) is 7.14. The maximum atomic E-state index is 5.13. The highest BCUT2D eigenvalue weighted by atomic mass is 16.5. The maximum Gasteiger partial charge on any atom is 0.248 e. The number of nitrogens with zero attached hydrogens (tertiary/aromatic N) is 2. The van der Waals surface area contributed by atoms with Crippen LogP contribution in [0, 0.1) is 6.92 Å². The van der Waals surface area contributed by atoms with Gasteiger partial charge in [-0.1, -0.05) is 24.2 Å². The Morgan fingerprint density at radius 3 is 2.88 bits per heavy atom. The summed E-state index contributed by atoms with van der Waals surface area (Å²) in [7, 11) is 0. The van der Waals surface area contributed by atoms with Crippen molar-refractivity contribution in [2.45, 2.75) is 33.2 Å². The predicted octanol–water partition coefficient (Wildman–Crippen LogP) is 3.11. The summed E-state index contributed by atoms with van der Waals surface area (Å²) in [6.45, 7) is 5.97. The van der Waals surface area contributed by atoms with Crippen LogP contribution in [0.5, 0.6) is 0 Å². The van der Waals surface area contributed by atoms with Gasteiger partial charge in [-0.05, 0) is 38.0 Å². The van der Waals surface area contributed by atoms with Crippen molar-refractivity contribution in [2.75, 3.05) is 5.32 Å². The highest BCUT2D eigenvalue weighted by Gasteiger charge is 2.12. The van der Waals surface area contributed by atoms with Crippen LogP contribution >= 0.6 is 0 Å². The lowest BCUT2D eigenvalue weighted by Crippen LogP contribution is -2.07. The Bertz CT molecular complexity index is 493. The molecule has 90 valence electrons. The minimum Gasteiger partial charge on any atom is -0.374 e. The minimum atomic E-state index is 0.0170. The van der Waals surface area contributed by atoms with Crippen molar-refractivity contribution in [2.24, 2.45) is 0 Å². The van der Waals surface area contributed by atoms with Crippen molar-refractivity contribution < 1.29 is 4.52 Å². The minimum absolute atomic E-state index is 0.0170. The Morgan fingerprint density at radius 2 is 2.24 bits per heavy atom. The Morgan fingerprint density at radius 1 is 1.41 bits per heavy atom. The normalized spacial score (nSPS) is 12.4. The van der Waals surface area contributed by atoms with E-state index in [4.69, 9.17) is 4.52 Å². The number of aromatic nitrogens is 2. The van der Waals surface area contributed by atoms with Gasteiger partial charge in [-0.25, -0.2) is 0 Å². The van der Waals surface area contributed by atoms with E-state index in [1.807, 2.05) is 26.0 Å². The van der Waals surface area contributed by atoms with Gasteiger partial charge in [0.25, 0.3) is 0 Å². The number of aryl methyl sites for hydroxylation is 2. The fourth-order valence-corrected chi connectivity index (χ4v) is 1.68. The van der Waals surface area contributed by atoms with Crippen LogP contribution in [0.1, 0.15) is 37.2 Å². The van der Waals surface area contributed by atoms with Gasteiger partial charge in [0, 0.05) is 5.69 Å². The van der Waals surface area contributed by atoms with Crippen LogP contribution in [0.15, 0.2) is 28.8 Å². The van der Waals surface area contributed by atoms with Gasteiger partial charge >= 0.3 is 0 Å². The van der Waals surface area contributed by atoms with Crippen LogP contribution in [0.4, 0.5) is 5.69 Å². The van der Waals surface area contributed by atoms with Gasteiger partial charge in [0.2, 0.25) is 5.89 Å². The second-order valence-electron chi connectivity index (χ2n) is 4.10. The standard InChI is InChI=1S/C13H17N3O/c1-4-11-6-5-7-12(8-11)14-9(2)13-15-10(3)16-17-13/h5-9,14H,4H2,1-3H3. The van der Waals surface area contributed by atoms with Crippen molar-refractivity contribution in [3.8, 4) is 0 Å². The molecule has 1 atom stereocenters. The first-order valence-electron chi connectivity index (χ1n) is 5.84. The molecule has 2 aromatic rings. The van der Waals surface area contributed by atoms with Gasteiger partial charge in [0.15, 0.2) is 5.82 Å². The summed E-state index contributed by atoms with van der Waals surface area (Å²) in [5.41, 5.74) is 2.39. The Labute approximate surface area is 101 Å². The molecule has 1 heterocycles. The Hall–Kier alpha value is -1.84.